The van der Waals surface area contributed by atoms with Gasteiger partial charge in [0.05, 0.1) is 25.0 Å². The van der Waals surface area contributed by atoms with E-state index in [1.807, 2.05) is 36.4 Å². The molecule has 3 rings (SSSR count). The normalized spacial score (nSPS) is 16.2. The Morgan fingerprint density at radius 1 is 1.21 bits per heavy atom. The van der Waals surface area contributed by atoms with Crippen molar-refractivity contribution in [1.82, 2.24) is 5.32 Å². The summed E-state index contributed by atoms with van der Waals surface area (Å²) in [5.41, 5.74) is 2.40. The molecule has 180 valence electrons. The van der Waals surface area contributed by atoms with Gasteiger partial charge in [0.2, 0.25) is 10.0 Å². The van der Waals surface area contributed by atoms with Crippen LogP contribution in [0.25, 0.3) is 0 Å². The van der Waals surface area contributed by atoms with E-state index in [1.165, 1.54) is 4.31 Å². The van der Waals surface area contributed by atoms with Crippen molar-refractivity contribution in [1.29, 1.82) is 0 Å². The topological polar surface area (TPSA) is 84.9 Å². The Labute approximate surface area is 197 Å². The van der Waals surface area contributed by atoms with Crippen molar-refractivity contribution in [3.8, 4) is 11.5 Å². The maximum Gasteiger partial charge on any atom is 0.263 e. The van der Waals surface area contributed by atoms with Crippen LogP contribution in [0.5, 0.6) is 11.5 Å². The molecule has 7 nitrogen and oxygen atoms in total. The number of sulfonamides is 1. The summed E-state index contributed by atoms with van der Waals surface area (Å²) in [6, 6.07) is 13.3. The number of anilines is 1. The molecule has 1 heterocycles. The molecular weight excluding hydrogens is 440 g/mol. The molecule has 1 aliphatic rings. The lowest BCUT2D eigenvalue weighted by molar-refractivity contribution is -0.127. The summed E-state index contributed by atoms with van der Waals surface area (Å²) in [5, 5.41) is 2.80. The molecule has 0 aromatic heterocycles. The van der Waals surface area contributed by atoms with Crippen molar-refractivity contribution in [2.24, 2.45) is 0 Å². The smallest absolute Gasteiger partial charge is 0.263 e. The number of carbonyl (C=O) groups is 1. The van der Waals surface area contributed by atoms with Gasteiger partial charge in [0.1, 0.15) is 18.1 Å². The fourth-order valence-electron chi connectivity index (χ4n) is 3.71. The Balaban J connectivity index is 1.67. The second-order valence-electron chi connectivity index (χ2n) is 9.67. The summed E-state index contributed by atoms with van der Waals surface area (Å²) in [6.07, 6.45) is 0.191. The van der Waals surface area contributed by atoms with E-state index < -0.39 is 16.1 Å². The van der Waals surface area contributed by atoms with Crippen LogP contribution < -0.4 is 19.1 Å². The standard InChI is InChI=1S/C25H34N2O5S/c1-17(2)19-9-7-8-10-21(19)31-14-13-26-24(28)23-16-27(33(6,29)30)20-15-18(25(3,4)5)11-12-22(20)32-23/h7-12,15,17,23H,13-14,16H2,1-6H3,(H,26,28)/t23-/m0/s1. The Morgan fingerprint density at radius 2 is 1.91 bits per heavy atom. The molecule has 0 saturated heterocycles. The summed E-state index contributed by atoms with van der Waals surface area (Å²) in [4.78, 5) is 12.8. The van der Waals surface area contributed by atoms with E-state index in [1.54, 1.807) is 6.07 Å². The number of rotatable bonds is 7. The molecule has 1 amide bonds. The molecule has 33 heavy (non-hydrogen) atoms. The molecule has 2 aromatic carbocycles. The maximum atomic E-state index is 12.8. The van der Waals surface area contributed by atoms with Crippen LogP contribution in [0.2, 0.25) is 0 Å². The predicted molar refractivity (Wildman–Crippen MR) is 131 cm³/mol. The van der Waals surface area contributed by atoms with E-state index in [0.717, 1.165) is 23.1 Å². The monoisotopic (exact) mass is 474 g/mol. The van der Waals surface area contributed by atoms with Crippen molar-refractivity contribution in [2.75, 3.05) is 30.3 Å². The van der Waals surface area contributed by atoms with Crippen molar-refractivity contribution >= 4 is 21.6 Å². The average Bonchev–Trinajstić information content (AvgIpc) is 2.74. The first-order valence-corrected chi connectivity index (χ1v) is 13.0. The highest BCUT2D eigenvalue weighted by Gasteiger charge is 2.35. The van der Waals surface area contributed by atoms with Crippen LogP contribution in [-0.4, -0.2) is 46.4 Å². The van der Waals surface area contributed by atoms with Gasteiger partial charge in [0.15, 0.2) is 6.10 Å². The van der Waals surface area contributed by atoms with Gasteiger partial charge in [0, 0.05) is 0 Å². The molecule has 0 radical (unpaired) electrons. The number of hydrogen-bond donors (Lipinski definition) is 1. The van der Waals surface area contributed by atoms with Crippen LogP contribution in [0, 0.1) is 0 Å². The molecule has 0 unspecified atom stereocenters. The number of benzene rings is 2. The van der Waals surface area contributed by atoms with Gasteiger partial charge >= 0.3 is 0 Å². The molecule has 0 bridgehead atoms. The number of nitrogens with zero attached hydrogens (tertiary/aromatic N) is 1. The molecule has 2 aromatic rings. The van der Waals surface area contributed by atoms with Gasteiger partial charge in [-0.15, -0.1) is 0 Å². The third kappa shape index (κ3) is 5.99. The number of nitrogens with one attached hydrogen (secondary N) is 1. The third-order valence-electron chi connectivity index (χ3n) is 5.59. The highest BCUT2D eigenvalue weighted by molar-refractivity contribution is 7.92. The molecule has 8 heteroatoms. The summed E-state index contributed by atoms with van der Waals surface area (Å²) in [5.74, 6) is 1.12. The van der Waals surface area contributed by atoms with E-state index in [-0.39, 0.29) is 24.4 Å². The van der Waals surface area contributed by atoms with Gasteiger partial charge in [-0.25, -0.2) is 8.42 Å². The molecule has 0 spiro atoms. The zero-order chi connectivity index (χ0) is 24.4. The number of fused-ring (bicyclic) bond motifs is 1. The Kier molecular flexibility index (Phi) is 7.26. The van der Waals surface area contributed by atoms with Gasteiger partial charge in [-0.2, -0.15) is 0 Å². The zero-order valence-electron chi connectivity index (χ0n) is 20.2. The van der Waals surface area contributed by atoms with Crippen molar-refractivity contribution in [2.45, 2.75) is 52.1 Å². The summed E-state index contributed by atoms with van der Waals surface area (Å²) in [6.45, 7) is 10.9. The molecule has 1 aliphatic heterocycles. The SMILES string of the molecule is CC(C)c1ccccc1OCCNC(=O)[C@@H]1CN(S(C)(=O)=O)c2cc(C(C)(C)C)ccc2O1. The number of hydrogen-bond acceptors (Lipinski definition) is 5. The number of para-hydroxylation sites is 1. The minimum Gasteiger partial charge on any atom is -0.491 e. The minimum atomic E-state index is -3.59. The van der Waals surface area contributed by atoms with Crippen molar-refractivity contribution in [3.05, 3.63) is 53.6 Å². The van der Waals surface area contributed by atoms with E-state index in [9.17, 15) is 13.2 Å². The van der Waals surface area contributed by atoms with Crippen molar-refractivity contribution in [3.63, 3.8) is 0 Å². The Morgan fingerprint density at radius 3 is 2.55 bits per heavy atom. The molecule has 0 aliphatic carbocycles. The highest BCUT2D eigenvalue weighted by atomic mass is 32.2. The Hall–Kier alpha value is -2.74. The van der Waals surface area contributed by atoms with Crippen LogP contribution in [0.1, 0.15) is 51.7 Å². The number of amides is 1. The quantitative estimate of drug-likeness (QED) is 0.617. The predicted octanol–water partition coefficient (Wildman–Crippen LogP) is 3.83. The molecule has 0 fully saturated rings. The first-order valence-electron chi connectivity index (χ1n) is 11.2. The molecule has 1 atom stereocenters. The summed E-state index contributed by atoms with van der Waals surface area (Å²) < 4.78 is 38.0. The van der Waals surface area contributed by atoms with Crippen molar-refractivity contribution < 1.29 is 22.7 Å². The Bertz CT molecular complexity index is 1110. The van der Waals surface area contributed by atoms with Crippen LogP contribution in [-0.2, 0) is 20.2 Å². The lowest BCUT2D eigenvalue weighted by atomic mass is 9.86. The van der Waals surface area contributed by atoms with E-state index in [0.29, 0.717) is 24.0 Å². The van der Waals surface area contributed by atoms with Gasteiger partial charge in [-0.1, -0.05) is 58.9 Å². The van der Waals surface area contributed by atoms with E-state index in [2.05, 4.69) is 39.9 Å². The molecular formula is C25H34N2O5S. The number of carbonyl (C=O) groups excluding carboxylic acids is 1. The first kappa shape index (κ1) is 24.9. The first-order chi connectivity index (χ1) is 15.4. The lowest BCUT2D eigenvalue weighted by Crippen LogP contribution is -2.51. The zero-order valence-corrected chi connectivity index (χ0v) is 21.0. The van der Waals surface area contributed by atoms with Gasteiger partial charge in [0.25, 0.3) is 5.91 Å². The lowest BCUT2D eigenvalue weighted by Gasteiger charge is -2.35. The molecule has 0 saturated carbocycles. The van der Waals surface area contributed by atoms with E-state index >= 15 is 0 Å². The average molecular weight is 475 g/mol. The van der Waals surface area contributed by atoms with Gasteiger partial charge < -0.3 is 14.8 Å². The third-order valence-corrected chi connectivity index (χ3v) is 6.73. The van der Waals surface area contributed by atoms with Crippen LogP contribution in [0.3, 0.4) is 0 Å². The van der Waals surface area contributed by atoms with Gasteiger partial charge in [-0.05, 0) is 40.7 Å². The highest BCUT2D eigenvalue weighted by Crippen LogP contribution is 2.38. The second-order valence-corrected chi connectivity index (χ2v) is 11.6. The fraction of sp³-hybridized carbons (Fsp3) is 0.480. The largest absolute Gasteiger partial charge is 0.491 e. The second kappa shape index (κ2) is 9.63. The number of ether oxygens (including phenoxy) is 2. The molecule has 1 N–H and O–H groups in total. The maximum absolute atomic E-state index is 12.8. The van der Waals surface area contributed by atoms with Gasteiger partial charge in [-0.3, -0.25) is 9.10 Å². The van der Waals surface area contributed by atoms with Crippen LogP contribution >= 0.6 is 0 Å². The summed E-state index contributed by atoms with van der Waals surface area (Å²) >= 11 is 0. The van der Waals surface area contributed by atoms with E-state index in [4.69, 9.17) is 9.47 Å². The fourth-order valence-corrected chi connectivity index (χ4v) is 4.61. The van der Waals surface area contributed by atoms with Crippen LogP contribution in [0.15, 0.2) is 42.5 Å². The summed E-state index contributed by atoms with van der Waals surface area (Å²) in [7, 11) is -3.59. The minimum absolute atomic E-state index is 0.0810. The van der Waals surface area contributed by atoms with Crippen LogP contribution in [0.4, 0.5) is 5.69 Å².